The number of methoxy groups -OCH3 is 1. The second-order valence-electron chi connectivity index (χ2n) is 8.06. The third kappa shape index (κ3) is 4.98. The van der Waals surface area contributed by atoms with E-state index in [-0.39, 0.29) is 10.6 Å². The van der Waals surface area contributed by atoms with Gasteiger partial charge in [-0.3, -0.25) is 4.79 Å². The maximum Gasteiger partial charge on any atom is 0.387 e. The molecule has 10 heteroatoms. The van der Waals surface area contributed by atoms with Crippen LogP contribution in [0.25, 0.3) is 11.1 Å². The number of halogens is 2. The Bertz CT molecular complexity index is 1310. The quantitative estimate of drug-likeness (QED) is 0.430. The van der Waals surface area contributed by atoms with E-state index in [1.54, 1.807) is 19.2 Å². The summed E-state index contributed by atoms with van der Waals surface area (Å²) in [6.45, 7) is -3.79. The number of alkyl halides is 2. The van der Waals surface area contributed by atoms with E-state index < -0.39 is 34.7 Å². The molecule has 0 aromatic heterocycles. The monoisotopic (exact) mass is 503 g/mol. The van der Waals surface area contributed by atoms with Crippen LogP contribution in [0, 0.1) is 0 Å². The molecule has 0 atom stereocenters. The van der Waals surface area contributed by atoms with Crippen LogP contribution in [0.2, 0.25) is 0 Å². The molecular weight excluding hydrogens is 480 g/mol. The number of hydrogen-bond donors (Lipinski definition) is 1. The van der Waals surface area contributed by atoms with Crippen molar-refractivity contribution in [1.82, 2.24) is 4.31 Å². The van der Waals surface area contributed by atoms with Gasteiger partial charge >= 0.3 is 12.6 Å². The summed E-state index contributed by atoms with van der Waals surface area (Å²) in [7, 11) is -2.69. The molecule has 1 N–H and O–H groups in total. The average molecular weight is 504 g/mol. The van der Waals surface area contributed by atoms with E-state index in [1.165, 1.54) is 0 Å². The highest BCUT2D eigenvalue weighted by atomic mass is 32.2. The Hall–Kier alpha value is -3.50. The van der Waals surface area contributed by atoms with Crippen LogP contribution in [-0.2, 0) is 20.4 Å². The molecule has 1 fully saturated rings. The highest BCUT2D eigenvalue weighted by Gasteiger charge is 2.55. The molecule has 0 aliphatic heterocycles. The van der Waals surface area contributed by atoms with Crippen molar-refractivity contribution in [3.8, 4) is 22.6 Å². The van der Waals surface area contributed by atoms with E-state index in [0.29, 0.717) is 24.2 Å². The lowest BCUT2D eigenvalue weighted by molar-refractivity contribution is -0.137. The molecule has 7 nitrogen and oxygen atoms in total. The first-order chi connectivity index (χ1) is 16.7. The number of hydrogen-bond acceptors (Lipinski definition) is 5. The number of para-hydroxylation sites is 1. The molecule has 4 rings (SSSR count). The molecule has 0 saturated heterocycles. The number of rotatable bonds is 10. The summed E-state index contributed by atoms with van der Waals surface area (Å²) >= 11 is 0. The zero-order valence-corrected chi connectivity index (χ0v) is 19.5. The van der Waals surface area contributed by atoms with E-state index in [0.717, 1.165) is 39.7 Å². The minimum Gasteiger partial charge on any atom is -0.496 e. The second kappa shape index (κ2) is 9.63. The van der Waals surface area contributed by atoms with Gasteiger partial charge in [0.15, 0.2) is 0 Å². The number of ether oxygens (including phenoxy) is 2. The summed E-state index contributed by atoms with van der Waals surface area (Å²) in [5.74, 6) is -0.810. The number of aliphatic carboxylic acids is 1. The molecule has 1 aliphatic carbocycles. The number of carbonyl (C=O) groups is 1. The highest BCUT2D eigenvalue weighted by molar-refractivity contribution is 7.89. The fourth-order valence-corrected chi connectivity index (χ4v) is 5.92. The van der Waals surface area contributed by atoms with Crippen molar-refractivity contribution in [3.63, 3.8) is 0 Å². The van der Waals surface area contributed by atoms with Crippen LogP contribution in [0.1, 0.15) is 18.4 Å². The summed E-state index contributed by atoms with van der Waals surface area (Å²) < 4.78 is 62.5. The first-order valence-electron chi connectivity index (χ1n) is 10.7. The number of carboxylic acid groups (broad SMARTS) is 1. The Morgan fingerprint density at radius 1 is 1.03 bits per heavy atom. The van der Waals surface area contributed by atoms with Crippen LogP contribution in [0.4, 0.5) is 8.78 Å². The zero-order valence-electron chi connectivity index (χ0n) is 18.7. The van der Waals surface area contributed by atoms with Crippen LogP contribution >= 0.6 is 0 Å². The standard InChI is InChI=1S/C25H23F2NO6S/c1-33-22-5-3-2-4-21(22)17-6-8-18(9-7-17)25(14-15-25)28(16-23(29)30)35(31,32)20-12-10-19(11-13-20)34-24(26)27/h2-13,24H,14-16H2,1H3,(H,29,30). The zero-order chi connectivity index (χ0) is 25.2. The van der Waals surface area contributed by atoms with Crippen LogP contribution in [-0.4, -0.2) is 44.1 Å². The van der Waals surface area contributed by atoms with E-state index in [1.807, 2.05) is 36.4 Å². The van der Waals surface area contributed by atoms with Crippen LogP contribution in [0.3, 0.4) is 0 Å². The minimum atomic E-state index is -4.27. The van der Waals surface area contributed by atoms with Crippen LogP contribution in [0.5, 0.6) is 11.5 Å². The van der Waals surface area contributed by atoms with Crippen molar-refractivity contribution in [2.45, 2.75) is 29.9 Å². The predicted octanol–water partition coefficient (Wildman–Crippen LogP) is 4.73. The van der Waals surface area contributed by atoms with Gasteiger partial charge in [0.05, 0.1) is 17.5 Å². The van der Waals surface area contributed by atoms with Crippen molar-refractivity contribution in [2.75, 3.05) is 13.7 Å². The molecule has 0 radical (unpaired) electrons. The van der Waals surface area contributed by atoms with Crippen molar-refractivity contribution < 1.29 is 36.6 Å². The van der Waals surface area contributed by atoms with Gasteiger partial charge in [0.1, 0.15) is 18.0 Å². The van der Waals surface area contributed by atoms with E-state index in [9.17, 15) is 27.1 Å². The number of carboxylic acids is 1. The molecule has 0 amide bonds. The van der Waals surface area contributed by atoms with Gasteiger partial charge in [-0.2, -0.15) is 13.1 Å². The van der Waals surface area contributed by atoms with Crippen LogP contribution in [0.15, 0.2) is 77.7 Å². The maximum absolute atomic E-state index is 13.5. The molecule has 3 aromatic carbocycles. The minimum absolute atomic E-state index is 0.197. The molecule has 1 saturated carbocycles. The van der Waals surface area contributed by atoms with Crippen molar-refractivity contribution in [1.29, 1.82) is 0 Å². The number of nitrogens with zero attached hydrogens (tertiary/aromatic N) is 1. The third-order valence-electron chi connectivity index (χ3n) is 5.96. The Morgan fingerprint density at radius 3 is 2.20 bits per heavy atom. The van der Waals surface area contributed by atoms with Gasteiger partial charge in [0.2, 0.25) is 10.0 Å². The average Bonchev–Trinajstić information content (AvgIpc) is 3.64. The lowest BCUT2D eigenvalue weighted by atomic mass is 9.99. The lowest BCUT2D eigenvalue weighted by Crippen LogP contribution is -2.43. The fraction of sp³-hybridized carbons (Fsp3) is 0.240. The van der Waals surface area contributed by atoms with E-state index in [4.69, 9.17) is 4.74 Å². The largest absolute Gasteiger partial charge is 0.496 e. The molecule has 35 heavy (non-hydrogen) atoms. The first-order valence-corrected chi connectivity index (χ1v) is 12.1. The third-order valence-corrected chi connectivity index (χ3v) is 7.88. The summed E-state index contributed by atoms with van der Waals surface area (Å²) in [4.78, 5) is 11.4. The summed E-state index contributed by atoms with van der Waals surface area (Å²) in [5, 5.41) is 9.50. The predicted molar refractivity (Wildman–Crippen MR) is 124 cm³/mol. The topological polar surface area (TPSA) is 93.1 Å². The Kier molecular flexibility index (Phi) is 6.77. The molecule has 0 unspecified atom stereocenters. The van der Waals surface area contributed by atoms with Gasteiger partial charge in [-0.05, 0) is 54.3 Å². The van der Waals surface area contributed by atoms with Crippen molar-refractivity contribution in [2.24, 2.45) is 0 Å². The van der Waals surface area contributed by atoms with Gasteiger partial charge < -0.3 is 14.6 Å². The summed E-state index contributed by atoms with van der Waals surface area (Å²) in [6.07, 6.45) is 0.889. The molecule has 3 aromatic rings. The molecule has 0 bridgehead atoms. The molecule has 184 valence electrons. The van der Waals surface area contributed by atoms with Gasteiger partial charge in [0.25, 0.3) is 0 Å². The van der Waals surface area contributed by atoms with E-state index >= 15 is 0 Å². The van der Waals surface area contributed by atoms with Crippen LogP contribution < -0.4 is 9.47 Å². The van der Waals surface area contributed by atoms with Gasteiger partial charge in [-0.15, -0.1) is 0 Å². The second-order valence-corrected chi connectivity index (χ2v) is 9.93. The molecule has 0 spiro atoms. The highest BCUT2D eigenvalue weighted by Crippen LogP contribution is 2.53. The fourth-order valence-electron chi connectivity index (χ4n) is 4.15. The summed E-state index contributed by atoms with van der Waals surface area (Å²) in [5.41, 5.74) is 1.38. The van der Waals surface area contributed by atoms with Gasteiger partial charge in [0, 0.05) is 5.56 Å². The lowest BCUT2D eigenvalue weighted by Gasteiger charge is -2.30. The number of sulfonamides is 1. The molecule has 1 aliphatic rings. The van der Waals surface area contributed by atoms with Crippen molar-refractivity contribution >= 4 is 16.0 Å². The molecule has 0 heterocycles. The maximum atomic E-state index is 13.5. The smallest absolute Gasteiger partial charge is 0.387 e. The SMILES string of the molecule is COc1ccccc1-c1ccc(C2(N(CC(=O)O)S(=O)(=O)c3ccc(OC(F)F)cc3)CC2)cc1. The Morgan fingerprint density at radius 2 is 1.66 bits per heavy atom. The molecular formula is C25H23F2NO6S. The Balaban J connectivity index is 1.68. The first kappa shape index (κ1) is 24.6. The van der Waals surface area contributed by atoms with Gasteiger partial charge in [-0.25, -0.2) is 8.42 Å². The normalized spacial score (nSPS) is 14.7. The van der Waals surface area contributed by atoms with E-state index in [2.05, 4.69) is 4.74 Å². The summed E-state index contributed by atoms with van der Waals surface area (Å²) in [6, 6.07) is 19.2. The number of benzene rings is 3. The Labute approximate surface area is 201 Å². The van der Waals surface area contributed by atoms with Crippen molar-refractivity contribution in [3.05, 3.63) is 78.4 Å². The van der Waals surface area contributed by atoms with Gasteiger partial charge in [-0.1, -0.05) is 42.5 Å².